The number of halogens is 3. The molecule has 0 saturated carbocycles. The highest BCUT2D eigenvalue weighted by Crippen LogP contribution is 2.40. The van der Waals surface area contributed by atoms with Crippen LogP contribution in [0.3, 0.4) is 0 Å². The Morgan fingerprint density at radius 1 is 1.19 bits per heavy atom. The zero-order chi connectivity index (χ0) is 15.3. The molecule has 21 heavy (non-hydrogen) atoms. The van der Waals surface area contributed by atoms with Crippen LogP contribution in [0.5, 0.6) is 0 Å². The molecular formula is C16H22F3NO. The van der Waals surface area contributed by atoms with Crippen molar-refractivity contribution in [2.24, 2.45) is 0 Å². The number of rotatable bonds is 5. The average Bonchev–Trinajstić information content (AvgIpc) is 2.48. The van der Waals surface area contributed by atoms with Gasteiger partial charge in [-0.15, -0.1) is 0 Å². The van der Waals surface area contributed by atoms with Crippen molar-refractivity contribution in [2.75, 3.05) is 20.3 Å². The van der Waals surface area contributed by atoms with Crippen LogP contribution in [0.15, 0.2) is 30.3 Å². The second kappa shape index (κ2) is 6.79. The molecule has 118 valence electrons. The number of ether oxygens (including phenoxy) is 1. The van der Waals surface area contributed by atoms with E-state index in [0.717, 1.165) is 18.4 Å². The summed E-state index contributed by atoms with van der Waals surface area (Å²) in [5.41, 5.74) is 0.828. The lowest BCUT2D eigenvalue weighted by molar-refractivity contribution is -0.138. The molecule has 1 fully saturated rings. The van der Waals surface area contributed by atoms with Crippen LogP contribution >= 0.6 is 0 Å². The topological polar surface area (TPSA) is 21.3 Å². The summed E-state index contributed by atoms with van der Waals surface area (Å²) in [5.74, 6) is 0. The molecule has 5 heteroatoms. The van der Waals surface area contributed by atoms with Crippen LogP contribution in [0.1, 0.15) is 31.2 Å². The Balaban J connectivity index is 2.25. The lowest BCUT2D eigenvalue weighted by atomic mass is 9.67. The van der Waals surface area contributed by atoms with Gasteiger partial charge in [-0.1, -0.05) is 30.3 Å². The van der Waals surface area contributed by atoms with Gasteiger partial charge in [-0.3, -0.25) is 0 Å². The van der Waals surface area contributed by atoms with Gasteiger partial charge in [-0.05, 0) is 31.9 Å². The standard InChI is InChI=1S/C16H22F3NO/c1-20-14(7-8-16(17,18)19)15(9-11-21-12-10-15)13-5-3-2-4-6-13/h2-6,14,20H,7-12H2,1H3. The largest absolute Gasteiger partial charge is 0.389 e. The molecule has 1 unspecified atom stereocenters. The highest BCUT2D eigenvalue weighted by molar-refractivity contribution is 5.28. The predicted molar refractivity (Wildman–Crippen MR) is 76.3 cm³/mol. The third-order valence-electron chi connectivity index (χ3n) is 4.47. The number of benzene rings is 1. The SMILES string of the molecule is CNC(CCC(F)(F)F)C1(c2ccccc2)CCOCC1. The van der Waals surface area contributed by atoms with E-state index in [-0.39, 0.29) is 17.9 Å². The molecule has 2 rings (SSSR count). The molecule has 1 heterocycles. The maximum Gasteiger partial charge on any atom is 0.389 e. The number of hydrogen-bond acceptors (Lipinski definition) is 2. The van der Waals surface area contributed by atoms with E-state index in [9.17, 15) is 13.2 Å². The first-order chi connectivity index (χ1) is 9.98. The highest BCUT2D eigenvalue weighted by atomic mass is 19.4. The summed E-state index contributed by atoms with van der Waals surface area (Å²) < 4.78 is 43.2. The van der Waals surface area contributed by atoms with Crippen molar-refractivity contribution in [3.05, 3.63) is 35.9 Å². The van der Waals surface area contributed by atoms with Crippen molar-refractivity contribution >= 4 is 0 Å². The van der Waals surface area contributed by atoms with E-state index in [1.54, 1.807) is 7.05 Å². The second-order valence-electron chi connectivity index (χ2n) is 5.63. The van der Waals surface area contributed by atoms with Crippen LogP contribution in [0.4, 0.5) is 13.2 Å². The van der Waals surface area contributed by atoms with Crippen LogP contribution in [-0.2, 0) is 10.2 Å². The Hall–Kier alpha value is -1.07. The fourth-order valence-electron chi connectivity index (χ4n) is 3.35. The lowest BCUT2D eigenvalue weighted by Crippen LogP contribution is -2.50. The molecule has 2 nitrogen and oxygen atoms in total. The Morgan fingerprint density at radius 3 is 2.33 bits per heavy atom. The molecule has 1 saturated heterocycles. The summed E-state index contributed by atoms with van der Waals surface area (Å²) in [6, 6.07) is 9.66. The van der Waals surface area contributed by atoms with Crippen LogP contribution in [0.2, 0.25) is 0 Å². The van der Waals surface area contributed by atoms with Gasteiger partial charge in [0.25, 0.3) is 0 Å². The van der Waals surface area contributed by atoms with E-state index < -0.39 is 12.6 Å². The molecule has 0 spiro atoms. The second-order valence-corrected chi connectivity index (χ2v) is 5.63. The Kier molecular flexibility index (Phi) is 5.27. The fourth-order valence-corrected chi connectivity index (χ4v) is 3.35. The van der Waals surface area contributed by atoms with Gasteiger partial charge in [-0.25, -0.2) is 0 Å². The van der Waals surface area contributed by atoms with E-state index in [1.807, 2.05) is 30.3 Å². The number of nitrogens with one attached hydrogen (secondary N) is 1. The minimum Gasteiger partial charge on any atom is -0.381 e. The van der Waals surface area contributed by atoms with Crippen molar-refractivity contribution in [1.82, 2.24) is 5.32 Å². The van der Waals surface area contributed by atoms with Crippen molar-refractivity contribution < 1.29 is 17.9 Å². The van der Waals surface area contributed by atoms with Gasteiger partial charge in [0.1, 0.15) is 0 Å². The number of hydrogen-bond donors (Lipinski definition) is 1. The van der Waals surface area contributed by atoms with Gasteiger partial charge >= 0.3 is 6.18 Å². The van der Waals surface area contributed by atoms with Gasteiger partial charge < -0.3 is 10.1 Å². The zero-order valence-corrected chi connectivity index (χ0v) is 12.2. The average molecular weight is 301 g/mol. The van der Waals surface area contributed by atoms with E-state index >= 15 is 0 Å². The van der Waals surface area contributed by atoms with Crippen molar-refractivity contribution in [1.29, 1.82) is 0 Å². The monoisotopic (exact) mass is 301 g/mol. The third kappa shape index (κ3) is 3.98. The molecule has 1 aliphatic heterocycles. The van der Waals surface area contributed by atoms with Crippen LogP contribution in [-0.4, -0.2) is 32.5 Å². The third-order valence-corrected chi connectivity index (χ3v) is 4.47. The molecule has 0 aliphatic carbocycles. The lowest BCUT2D eigenvalue weighted by Gasteiger charge is -2.44. The Morgan fingerprint density at radius 2 is 1.81 bits per heavy atom. The molecule has 1 aromatic rings. The summed E-state index contributed by atoms with van der Waals surface area (Å²) in [7, 11) is 1.75. The van der Waals surface area contributed by atoms with E-state index in [2.05, 4.69) is 5.32 Å². The maximum absolute atomic E-state index is 12.6. The van der Waals surface area contributed by atoms with Gasteiger partial charge in [0.05, 0.1) is 0 Å². The summed E-state index contributed by atoms with van der Waals surface area (Å²) in [5, 5.41) is 3.13. The number of likely N-dealkylation sites (N-methyl/N-ethyl adjacent to an activating group) is 1. The van der Waals surface area contributed by atoms with E-state index in [0.29, 0.717) is 13.2 Å². The first-order valence-electron chi connectivity index (χ1n) is 7.35. The van der Waals surface area contributed by atoms with Gasteiger partial charge in [0.2, 0.25) is 0 Å². The first-order valence-corrected chi connectivity index (χ1v) is 7.35. The quantitative estimate of drug-likeness (QED) is 0.896. The first kappa shape index (κ1) is 16.3. The van der Waals surface area contributed by atoms with Crippen LogP contribution in [0.25, 0.3) is 0 Å². The molecule has 0 radical (unpaired) electrons. The van der Waals surface area contributed by atoms with E-state index in [1.165, 1.54) is 0 Å². The van der Waals surface area contributed by atoms with Gasteiger partial charge in [0.15, 0.2) is 0 Å². The molecule has 0 amide bonds. The van der Waals surface area contributed by atoms with Gasteiger partial charge in [0, 0.05) is 31.1 Å². The summed E-state index contributed by atoms with van der Waals surface area (Å²) in [6.45, 7) is 1.19. The molecule has 0 aromatic heterocycles. The Bertz CT molecular complexity index is 427. The number of alkyl halides is 3. The molecular weight excluding hydrogens is 279 g/mol. The van der Waals surface area contributed by atoms with E-state index in [4.69, 9.17) is 4.74 Å². The molecule has 0 bridgehead atoms. The summed E-state index contributed by atoms with van der Waals surface area (Å²) in [4.78, 5) is 0. The normalized spacial score (nSPS) is 20.2. The van der Waals surface area contributed by atoms with Crippen LogP contribution in [0, 0.1) is 0 Å². The molecule has 1 N–H and O–H groups in total. The Labute approximate surface area is 123 Å². The molecule has 1 atom stereocenters. The minimum atomic E-state index is -4.11. The highest BCUT2D eigenvalue weighted by Gasteiger charge is 2.42. The smallest absolute Gasteiger partial charge is 0.381 e. The van der Waals surface area contributed by atoms with Crippen molar-refractivity contribution in [3.63, 3.8) is 0 Å². The fraction of sp³-hybridized carbons (Fsp3) is 0.625. The van der Waals surface area contributed by atoms with Crippen molar-refractivity contribution in [3.8, 4) is 0 Å². The summed E-state index contributed by atoms with van der Waals surface area (Å²) in [6.07, 6.45) is -3.28. The minimum absolute atomic E-state index is 0.0922. The van der Waals surface area contributed by atoms with Gasteiger partial charge in [-0.2, -0.15) is 13.2 Å². The maximum atomic E-state index is 12.6. The summed E-state index contributed by atoms with van der Waals surface area (Å²) >= 11 is 0. The zero-order valence-electron chi connectivity index (χ0n) is 12.2. The van der Waals surface area contributed by atoms with Crippen LogP contribution < -0.4 is 5.32 Å². The predicted octanol–water partition coefficient (Wildman–Crippen LogP) is 3.67. The molecule has 1 aliphatic rings. The van der Waals surface area contributed by atoms with Crippen molar-refractivity contribution in [2.45, 2.75) is 43.3 Å². The molecule has 1 aromatic carbocycles.